The number of aromatic nitrogens is 4. The van der Waals surface area contributed by atoms with E-state index in [9.17, 15) is 0 Å². The molecule has 62 valence electrons. The second kappa shape index (κ2) is 4.02. The highest BCUT2D eigenvalue weighted by Gasteiger charge is 1.97. The Kier molecular flexibility index (Phi) is 2.97. The van der Waals surface area contributed by atoms with Crippen molar-refractivity contribution in [2.45, 2.75) is 26.3 Å². The quantitative estimate of drug-likeness (QED) is 0.628. The molecule has 0 aliphatic carbocycles. The summed E-state index contributed by atoms with van der Waals surface area (Å²) in [7, 11) is 0. The molecule has 0 atom stereocenters. The van der Waals surface area contributed by atoms with Crippen LogP contribution in [-0.4, -0.2) is 33.2 Å². The molecule has 1 aromatic rings. The van der Waals surface area contributed by atoms with Gasteiger partial charge in [-0.15, -0.1) is 10.2 Å². The minimum absolute atomic E-state index is 0.516. The van der Waals surface area contributed by atoms with E-state index >= 15 is 0 Å². The summed E-state index contributed by atoms with van der Waals surface area (Å²) < 4.78 is 0. The number of nitrogens with zero attached hydrogens (tertiary/aromatic N) is 3. The number of rotatable bonds is 4. The van der Waals surface area contributed by atoms with Gasteiger partial charge in [0.2, 0.25) is 0 Å². The van der Waals surface area contributed by atoms with Crippen LogP contribution in [0.2, 0.25) is 0 Å². The Labute approximate surface area is 65.6 Å². The summed E-state index contributed by atoms with van der Waals surface area (Å²) in [6.45, 7) is 5.11. The molecule has 2 N–H and O–H groups in total. The highest BCUT2D eigenvalue weighted by atomic mass is 15.5. The standard InChI is InChI=1S/C6H13N5/c1-5(2)7-4-3-6-8-10-11-9-6/h5,7H,3-4H2,1-2H3,(H,8,9,10,11). The highest BCUT2D eigenvalue weighted by molar-refractivity contribution is 4.76. The van der Waals surface area contributed by atoms with Gasteiger partial charge in [0.15, 0.2) is 5.82 Å². The molecule has 0 bridgehead atoms. The van der Waals surface area contributed by atoms with Crippen molar-refractivity contribution in [3.63, 3.8) is 0 Å². The Balaban J connectivity index is 2.14. The maximum Gasteiger partial charge on any atom is 0.175 e. The van der Waals surface area contributed by atoms with Crippen LogP contribution < -0.4 is 5.32 Å². The molecule has 5 heteroatoms. The molecule has 0 aromatic carbocycles. The van der Waals surface area contributed by atoms with E-state index in [-0.39, 0.29) is 0 Å². The van der Waals surface area contributed by atoms with Gasteiger partial charge in [0.05, 0.1) is 0 Å². The Hall–Kier alpha value is -0.970. The van der Waals surface area contributed by atoms with Gasteiger partial charge in [0.1, 0.15) is 0 Å². The molecule has 0 amide bonds. The summed E-state index contributed by atoms with van der Waals surface area (Å²) in [4.78, 5) is 0. The number of hydrogen-bond donors (Lipinski definition) is 2. The molecule has 5 nitrogen and oxygen atoms in total. The van der Waals surface area contributed by atoms with Gasteiger partial charge in [-0.2, -0.15) is 5.21 Å². The summed E-state index contributed by atoms with van der Waals surface area (Å²) >= 11 is 0. The van der Waals surface area contributed by atoms with Gasteiger partial charge >= 0.3 is 0 Å². The minimum atomic E-state index is 0.516. The molecular weight excluding hydrogens is 142 g/mol. The van der Waals surface area contributed by atoms with Crippen LogP contribution in [0.5, 0.6) is 0 Å². The van der Waals surface area contributed by atoms with Crippen LogP contribution in [0.4, 0.5) is 0 Å². The summed E-state index contributed by atoms with van der Waals surface area (Å²) in [5.41, 5.74) is 0. The van der Waals surface area contributed by atoms with Crippen LogP contribution in [0.3, 0.4) is 0 Å². The Bertz CT molecular complexity index is 181. The van der Waals surface area contributed by atoms with Gasteiger partial charge in [-0.3, -0.25) is 0 Å². The molecule has 1 aromatic heterocycles. The predicted octanol–water partition coefficient (Wildman–Crippen LogP) is -0.260. The van der Waals surface area contributed by atoms with E-state index in [0.29, 0.717) is 6.04 Å². The Morgan fingerprint density at radius 2 is 2.36 bits per heavy atom. The van der Waals surface area contributed by atoms with Crippen LogP contribution in [0.15, 0.2) is 0 Å². The van der Waals surface area contributed by atoms with Gasteiger partial charge in [0, 0.05) is 19.0 Å². The van der Waals surface area contributed by atoms with Crippen LogP contribution in [0.25, 0.3) is 0 Å². The van der Waals surface area contributed by atoms with Crippen molar-refractivity contribution in [2.24, 2.45) is 0 Å². The van der Waals surface area contributed by atoms with Gasteiger partial charge < -0.3 is 5.32 Å². The lowest BCUT2D eigenvalue weighted by Gasteiger charge is -2.04. The van der Waals surface area contributed by atoms with E-state index in [1.165, 1.54) is 0 Å². The van der Waals surface area contributed by atoms with Gasteiger partial charge in [-0.05, 0) is 0 Å². The SMILES string of the molecule is CC(C)NCCc1nn[nH]n1. The predicted molar refractivity (Wildman–Crippen MR) is 41.0 cm³/mol. The first-order valence-electron chi connectivity index (χ1n) is 3.74. The molecule has 0 saturated heterocycles. The van der Waals surface area contributed by atoms with Crippen LogP contribution in [-0.2, 0) is 6.42 Å². The lowest BCUT2D eigenvalue weighted by molar-refractivity contribution is 0.583. The summed E-state index contributed by atoms with van der Waals surface area (Å²) in [6.07, 6.45) is 0.828. The van der Waals surface area contributed by atoms with Crippen molar-refractivity contribution in [3.8, 4) is 0 Å². The number of tetrazole rings is 1. The molecule has 0 unspecified atom stereocenters. The summed E-state index contributed by atoms with van der Waals surface area (Å²) in [5.74, 6) is 0.762. The molecule has 0 radical (unpaired) electrons. The third-order valence-corrected chi connectivity index (χ3v) is 1.29. The van der Waals surface area contributed by atoms with E-state index in [1.54, 1.807) is 0 Å². The van der Waals surface area contributed by atoms with Crippen LogP contribution in [0, 0.1) is 0 Å². The van der Waals surface area contributed by atoms with E-state index in [1.807, 2.05) is 0 Å². The summed E-state index contributed by atoms with van der Waals surface area (Å²) in [6, 6.07) is 0.516. The van der Waals surface area contributed by atoms with Crippen molar-refractivity contribution in [3.05, 3.63) is 5.82 Å². The molecule has 0 aliphatic rings. The van der Waals surface area contributed by atoms with Crippen molar-refractivity contribution in [1.82, 2.24) is 25.9 Å². The number of nitrogens with one attached hydrogen (secondary N) is 2. The monoisotopic (exact) mass is 155 g/mol. The maximum absolute atomic E-state index is 3.83. The zero-order valence-corrected chi connectivity index (χ0v) is 6.83. The number of hydrogen-bond acceptors (Lipinski definition) is 4. The van der Waals surface area contributed by atoms with E-state index in [2.05, 4.69) is 39.8 Å². The molecule has 0 aliphatic heterocycles. The van der Waals surface area contributed by atoms with Crippen LogP contribution in [0.1, 0.15) is 19.7 Å². The van der Waals surface area contributed by atoms with E-state index < -0.39 is 0 Å². The second-order valence-corrected chi connectivity index (χ2v) is 2.69. The molecule has 1 heterocycles. The molecule has 0 spiro atoms. The lowest BCUT2D eigenvalue weighted by atomic mass is 10.3. The minimum Gasteiger partial charge on any atom is -0.314 e. The fourth-order valence-electron chi connectivity index (χ4n) is 0.761. The smallest absolute Gasteiger partial charge is 0.175 e. The molecule has 0 fully saturated rings. The largest absolute Gasteiger partial charge is 0.314 e. The first-order chi connectivity index (χ1) is 5.29. The average Bonchev–Trinajstić information content (AvgIpc) is 2.39. The molecule has 0 saturated carbocycles. The normalized spacial score (nSPS) is 10.8. The second-order valence-electron chi connectivity index (χ2n) is 2.69. The fraction of sp³-hybridized carbons (Fsp3) is 0.833. The van der Waals surface area contributed by atoms with E-state index in [0.717, 1.165) is 18.8 Å². The molecular formula is C6H13N5. The zero-order valence-electron chi connectivity index (χ0n) is 6.83. The van der Waals surface area contributed by atoms with Crippen molar-refractivity contribution in [2.75, 3.05) is 6.54 Å². The first kappa shape index (κ1) is 8.13. The average molecular weight is 155 g/mol. The maximum atomic E-state index is 3.83. The Morgan fingerprint density at radius 3 is 2.91 bits per heavy atom. The number of aromatic amines is 1. The zero-order chi connectivity index (χ0) is 8.10. The fourth-order valence-corrected chi connectivity index (χ4v) is 0.761. The Morgan fingerprint density at radius 1 is 1.55 bits per heavy atom. The third kappa shape index (κ3) is 3.08. The first-order valence-corrected chi connectivity index (χ1v) is 3.74. The van der Waals surface area contributed by atoms with Crippen LogP contribution >= 0.6 is 0 Å². The lowest BCUT2D eigenvalue weighted by Crippen LogP contribution is -2.25. The van der Waals surface area contributed by atoms with Gasteiger partial charge in [-0.1, -0.05) is 19.1 Å². The topological polar surface area (TPSA) is 66.5 Å². The van der Waals surface area contributed by atoms with Gasteiger partial charge in [-0.25, -0.2) is 0 Å². The summed E-state index contributed by atoms with van der Waals surface area (Å²) in [5, 5.41) is 16.8. The van der Waals surface area contributed by atoms with Crippen molar-refractivity contribution >= 4 is 0 Å². The molecule has 11 heavy (non-hydrogen) atoms. The number of H-pyrrole nitrogens is 1. The van der Waals surface area contributed by atoms with Crippen molar-refractivity contribution in [1.29, 1.82) is 0 Å². The van der Waals surface area contributed by atoms with Crippen molar-refractivity contribution < 1.29 is 0 Å². The molecule has 1 rings (SSSR count). The van der Waals surface area contributed by atoms with E-state index in [4.69, 9.17) is 0 Å². The highest BCUT2D eigenvalue weighted by Crippen LogP contribution is 1.84. The van der Waals surface area contributed by atoms with Gasteiger partial charge in [0.25, 0.3) is 0 Å². The third-order valence-electron chi connectivity index (χ3n) is 1.29.